The topological polar surface area (TPSA) is 42.1 Å². The molecule has 24 heavy (non-hydrogen) atoms. The van der Waals surface area contributed by atoms with Crippen LogP contribution in [-0.2, 0) is 20.8 Å². The predicted molar refractivity (Wildman–Crippen MR) is 98.7 cm³/mol. The van der Waals surface area contributed by atoms with Crippen LogP contribution in [0.5, 0.6) is 0 Å². The molecule has 0 radical (unpaired) electrons. The maximum absolute atomic E-state index is 10.7. The van der Waals surface area contributed by atoms with Gasteiger partial charge in [-0.2, -0.15) is 0 Å². The Kier molecular flexibility index (Phi) is 9.05. The van der Waals surface area contributed by atoms with Gasteiger partial charge in [0, 0.05) is 12.1 Å². The average Bonchev–Trinajstić information content (AvgIpc) is 3.43. The molecule has 0 amide bonds. The minimum Gasteiger partial charge on any atom is -0.459 e. The molecule has 1 heterocycles. The van der Waals surface area contributed by atoms with E-state index in [9.17, 15) is 4.79 Å². The quantitative estimate of drug-likeness (QED) is 0.414. The van der Waals surface area contributed by atoms with Crippen molar-refractivity contribution in [1.29, 1.82) is 0 Å². The number of epoxide rings is 1. The third-order valence-corrected chi connectivity index (χ3v) is 3.67. The number of carbonyl (C=O) groups is 1. The molecule has 132 valence electrons. The molecule has 1 aromatic rings. The Bertz CT molecular complexity index is 528. The molecular weight excluding hydrogens is 302 g/mol. The van der Waals surface area contributed by atoms with Crippen molar-refractivity contribution < 1.29 is 14.3 Å². The van der Waals surface area contributed by atoms with Crippen LogP contribution in [0.15, 0.2) is 43.0 Å². The van der Waals surface area contributed by atoms with Gasteiger partial charge in [0.25, 0.3) is 0 Å². The van der Waals surface area contributed by atoms with E-state index in [1.807, 2.05) is 6.08 Å². The molecule has 0 saturated carbocycles. The van der Waals surface area contributed by atoms with Crippen LogP contribution >= 0.6 is 0 Å². The molecule has 1 atom stereocenters. The molecule has 1 unspecified atom stereocenters. The zero-order chi connectivity index (χ0) is 17.9. The van der Waals surface area contributed by atoms with Crippen LogP contribution < -0.4 is 0 Å². The van der Waals surface area contributed by atoms with Gasteiger partial charge in [-0.1, -0.05) is 57.3 Å². The molecule has 1 aromatic carbocycles. The number of hydrogen-bond donors (Lipinski definition) is 0. The third kappa shape index (κ3) is 8.09. The van der Waals surface area contributed by atoms with Crippen LogP contribution in [0.2, 0.25) is 0 Å². The SMILES string of the molecule is C=C(C)C(=O)OCC1CO1.C=Cc1ccc(CN(CC)CC)cc1. The van der Waals surface area contributed by atoms with E-state index in [-0.39, 0.29) is 12.1 Å². The van der Waals surface area contributed by atoms with Crippen LogP contribution in [0, 0.1) is 0 Å². The lowest BCUT2D eigenvalue weighted by atomic mass is 10.1. The lowest BCUT2D eigenvalue weighted by molar-refractivity contribution is -0.139. The number of ether oxygens (including phenoxy) is 2. The van der Waals surface area contributed by atoms with Crippen LogP contribution in [0.4, 0.5) is 0 Å². The number of rotatable bonds is 8. The number of hydrogen-bond acceptors (Lipinski definition) is 4. The van der Waals surface area contributed by atoms with Gasteiger partial charge in [-0.25, -0.2) is 4.79 Å². The highest BCUT2D eigenvalue weighted by Gasteiger charge is 2.24. The van der Waals surface area contributed by atoms with Gasteiger partial charge in [0.15, 0.2) is 0 Å². The van der Waals surface area contributed by atoms with E-state index in [2.05, 4.69) is 56.2 Å². The van der Waals surface area contributed by atoms with E-state index in [0.717, 1.165) is 19.6 Å². The molecule has 4 nitrogen and oxygen atoms in total. The summed E-state index contributed by atoms with van der Waals surface area (Å²) >= 11 is 0. The van der Waals surface area contributed by atoms with Crippen molar-refractivity contribution >= 4 is 12.0 Å². The Morgan fingerprint density at radius 2 is 1.92 bits per heavy atom. The van der Waals surface area contributed by atoms with Gasteiger partial charge in [-0.15, -0.1) is 0 Å². The Morgan fingerprint density at radius 3 is 2.33 bits per heavy atom. The fourth-order valence-electron chi connectivity index (χ4n) is 1.92. The largest absolute Gasteiger partial charge is 0.459 e. The fraction of sp³-hybridized carbons (Fsp3) is 0.450. The molecule has 0 aliphatic carbocycles. The number of carbonyl (C=O) groups excluding carboxylic acids is 1. The van der Waals surface area contributed by atoms with Gasteiger partial charge in [-0.05, 0) is 31.1 Å². The van der Waals surface area contributed by atoms with Gasteiger partial charge < -0.3 is 9.47 Å². The summed E-state index contributed by atoms with van der Waals surface area (Å²) in [5.74, 6) is -0.337. The zero-order valence-electron chi connectivity index (χ0n) is 15.1. The van der Waals surface area contributed by atoms with E-state index in [0.29, 0.717) is 18.8 Å². The van der Waals surface area contributed by atoms with Crippen LogP contribution in [-0.4, -0.2) is 43.3 Å². The van der Waals surface area contributed by atoms with Crippen molar-refractivity contribution in [2.45, 2.75) is 33.4 Å². The average molecular weight is 331 g/mol. The predicted octanol–water partition coefficient (Wildman–Crippen LogP) is 3.68. The molecule has 0 aromatic heterocycles. The number of nitrogens with zero attached hydrogens (tertiary/aromatic N) is 1. The molecule has 1 fully saturated rings. The van der Waals surface area contributed by atoms with Gasteiger partial charge in [0.1, 0.15) is 12.7 Å². The van der Waals surface area contributed by atoms with Crippen LogP contribution in [0.25, 0.3) is 6.08 Å². The van der Waals surface area contributed by atoms with E-state index < -0.39 is 0 Å². The Labute approximate surface area is 145 Å². The smallest absolute Gasteiger partial charge is 0.333 e. The summed E-state index contributed by atoms with van der Waals surface area (Å²) in [6, 6.07) is 8.59. The highest BCUT2D eigenvalue weighted by molar-refractivity contribution is 5.86. The summed E-state index contributed by atoms with van der Waals surface area (Å²) in [5.41, 5.74) is 2.99. The fourth-order valence-corrected chi connectivity index (χ4v) is 1.92. The van der Waals surface area contributed by atoms with Crippen molar-refractivity contribution in [1.82, 2.24) is 4.90 Å². The summed E-state index contributed by atoms with van der Waals surface area (Å²) in [6.45, 7) is 17.5. The maximum Gasteiger partial charge on any atom is 0.333 e. The van der Waals surface area contributed by atoms with Gasteiger partial charge in [0.05, 0.1) is 6.61 Å². The first kappa shape index (κ1) is 20.1. The second kappa shape index (κ2) is 10.8. The summed E-state index contributed by atoms with van der Waals surface area (Å²) in [5, 5.41) is 0. The Hall–Kier alpha value is -1.91. The molecule has 0 bridgehead atoms. The first-order chi connectivity index (χ1) is 11.5. The minimum absolute atomic E-state index is 0.142. The molecule has 4 heteroatoms. The molecule has 0 spiro atoms. The number of benzene rings is 1. The molecule has 2 rings (SSSR count). The lowest BCUT2D eigenvalue weighted by Crippen LogP contribution is -2.21. The normalized spacial score (nSPS) is 15.2. The molecular formula is C20H29NO3. The molecule has 0 N–H and O–H groups in total. The Balaban J connectivity index is 0.000000254. The van der Waals surface area contributed by atoms with Gasteiger partial charge >= 0.3 is 5.97 Å². The zero-order valence-corrected chi connectivity index (χ0v) is 15.1. The van der Waals surface area contributed by atoms with Crippen molar-refractivity contribution in [3.63, 3.8) is 0 Å². The molecule has 1 saturated heterocycles. The van der Waals surface area contributed by atoms with E-state index in [4.69, 9.17) is 9.47 Å². The van der Waals surface area contributed by atoms with Crippen molar-refractivity contribution in [3.05, 3.63) is 54.1 Å². The van der Waals surface area contributed by atoms with E-state index in [1.54, 1.807) is 6.92 Å². The monoisotopic (exact) mass is 331 g/mol. The second-order valence-corrected chi connectivity index (χ2v) is 5.74. The summed E-state index contributed by atoms with van der Waals surface area (Å²) < 4.78 is 9.60. The third-order valence-electron chi connectivity index (χ3n) is 3.67. The van der Waals surface area contributed by atoms with Crippen molar-refractivity contribution in [2.24, 2.45) is 0 Å². The van der Waals surface area contributed by atoms with E-state index >= 15 is 0 Å². The molecule has 1 aliphatic heterocycles. The highest BCUT2D eigenvalue weighted by atomic mass is 16.6. The lowest BCUT2D eigenvalue weighted by Gasteiger charge is -2.17. The summed E-state index contributed by atoms with van der Waals surface area (Å²) in [7, 11) is 0. The Morgan fingerprint density at radius 1 is 1.33 bits per heavy atom. The molecule has 1 aliphatic rings. The van der Waals surface area contributed by atoms with Crippen LogP contribution in [0.3, 0.4) is 0 Å². The first-order valence-corrected chi connectivity index (χ1v) is 8.38. The van der Waals surface area contributed by atoms with E-state index in [1.165, 1.54) is 11.1 Å². The van der Waals surface area contributed by atoms with Crippen LogP contribution in [0.1, 0.15) is 31.9 Å². The van der Waals surface area contributed by atoms with Gasteiger partial charge in [-0.3, -0.25) is 4.90 Å². The standard InChI is InChI=1S/C13H19N.C7H10O3/c1-4-12-7-9-13(10-8-12)11-14(5-2)6-3;1-5(2)7(8)10-4-6-3-9-6/h4,7-10H,1,5-6,11H2,2-3H3;6H,1,3-4H2,2H3. The number of esters is 1. The van der Waals surface area contributed by atoms with Crippen molar-refractivity contribution in [2.75, 3.05) is 26.3 Å². The minimum atomic E-state index is -0.337. The summed E-state index contributed by atoms with van der Waals surface area (Å²) in [4.78, 5) is 13.1. The second-order valence-electron chi connectivity index (χ2n) is 5.74. The first-order valence-electron chi connectivity index (χ1n) is 8.38. The van der Waals surface area contributed by atoms with Crippen molar-refractivity contribution in [3.8, 4) is 0 Å². The van der Waals surface area contributed by atoms with Gasteiger partial charge in [0.2, 0.25) is 0 Å². The maximum atomic E-state index is 10.7. The highest BCUT2D eigenvalue weighted by Crippen LogP contribution is 2.09. The summed E-state index contributed by atoms with van der Waals surface area (Å²) in [6.07, 6.45) is 2.02.